The van der Waals surface area contributed by atoms with Gasteiger partial charge in [0.2, 0.25) is 0 Å². The minimum atomic E-state index is -0.362. The van der Waals surface area contributed by atoms with Gasteiger partial charge in [0.25, 0.3) is 5.69 Å². The molecular formula is C16H18N2O2. The van der Waals surface area contributed by atoms with Gasteiger partial charge in [-0.3, -0.25) is 10.1 Å². The zero-order chi connectivity index (χ0) is 14.2. The number of nitrogens with zero attached hydrogens (tertiary/aromatic N) is 1. The Morgan fingerprint density at radius 3 is 2.50 bits per heavy atom. The zero-order valence-corrected chi connectivity index (χ0v) is 11.3. The molecule has 0 aliphatic heterocycles. The fourth-order valence-electron chi connectivity index (χ4n) is 2.07. The molecule has 0 amide bonds. The molecule has 20 heavy (non-hydrogen) atoms. The summed E-state index contributed by atoms with van der Waals surface area (Å²) < 4.78 is 0. The van der Waals surface area contributed by atoms with Crippen LogP contribution in [0.15, 0.2) is 54.6 Å². The van der Waals surface area contributed by atoms with E-state index in [1.165, 1.54) is 11.6 Å². The third kappa shape index (κ3) is 4.48. The third-order valence-corrected chi connectivity index (χ3v) is 3.11. The Bertz CT molecular complexity index is 555. The molecule has 4 heteroatoms. The molecule has 2 aromatic rings. The van der Waals surface area contributed by atoms with E-state index in [0.29, 0.717) is 6.54 Å². The highest BCUT2D eigenvalue weighted by Crippen LogP contribution is 2.12. The molecule has 0 unspecified atom stereocenters. The van der Waals surface area contributed by atoms with E-state index in [1.54, 1.807) is 12.1 Å². The van der Waals surface area contributed by atoms with Crippen LogP contribution in [0.3, 0.4) is 0 Å². The molecule has 2 rings (SSSR count). The van der Waals surface area contributed by atoms with E-state index in [2.05, 4.69) is 17.4 Å². The summed E-state index contributed by atoms with van der Waals surface area (Å²) in [4.78, 5) is 10.3. The fraction of sp³-hybridized carbons (Fsp3) is 0.250. The van der Waals surface area contributed by atoms with Crippen molar-refractivity contribution in [2.45, 2.75) is 19.4 Å². The lowest BCUT2D eigenvalue weighted by molar-refractivity contribution is -0.384. The average molecular weight is 270 g/mol. The first kappa shape index (κ1) is 14.2. The van der Waals surface area contributed by atoms with Crippen LogP contribution in [0.25, 0.3) is 0 Å². The molecule has 0 aliphatic rings. The summed E-state index contributed by atoms with van der Waals surface area (Å²) in [6.07, 6.45) is 2.10. The Kier molecular flexibility index (Phi) is 5.26. The first-order chi connectivity index (χ1) is 9.75. The molecule has 0 bridgehead atoms. The maximum atomic E-state index is 10.7. The maximum absolute atomic E-state index is 10.7. The molecule has 4 nitrogen and oxygen atoms in total. The van der Waals surface area contributed by atoms with Gasteiger partial charge in [0.05, 0.1) is 4.92 Å². The summed E-state index contributed by atoms with van der Waals surface area (Å²) in [5.41, 5.74) is 2.43. The molecule has 0 atom stereocenters. The van der Waals surface area contributed by atoms with Crippen LogP contribution in [0.4, 0.5) is 5.69 Å². The van der Waals surface area contributed by atoms with Crippen molar-refractivity contribution in [1.29, 1.82) is 0 Å². The molecule has 0 spiro atoms. The zero-order valence-electron chi connectivity index (χ0n) is 11.3. The quantitative estimate of drug-likeness (QED) is 0.477. The van der Waals surface area contributed by atoms with E-state index in [4.69, 9.17) is 0 Å². The smallest absolute Gasteiger partial charge is 0.269 e. The van der Waals surface area contributed by atoms with E-state index in [1.807, 2.05) is 24.3 Å². The van der Waals surface area contributed by atoms with Crippen molar-refractivity contribution in [3.8, 4) is 0 Å². The van der Waals surface area contributed by atoms with Crippen molar-refractivity contribution in [2.75, 3.05) is 6.54 Å². The van der Waals surface area contributed by atoms with Gasteiger partial charge in [0.15, 0.2) is 0 Å². The third-order valence-electron chi connectivity index (χ3n) is 3.11. The molecule has 0 aliphatic carbocycles. The highest BCUT2D eigenvalue weighted by atomic mass is 16.6. The summed E-state index contributed by atoms with van der Waals surface area (Å²) in [5, 5.41) is 14.0. The van der Waals surface area contributed by atoms with E-state index >= 15 is 0 Å². The number of nitro groups is 1. The lowest BCUT2D eigenvalue weighted by Crippen LogP contribution is -2.15. The summed E-state index contributed by atoms with van der Waals surface area (Å²) in [6.45, 7) is 1.56. The Morgan fingerprint density at radius 2 is 1.75 bits per heavy atom. The van der Waals surface area contributed by atoms with Crippen molar-refractivity contribution in [3.05, 3.63) is 75.8 Å². The molecule has 104 valence electrons. The summed E-state index contributed by atoms with van der Waals surface area (Å²) >= 11 is 0. The molecule has 1 N–H and O–H groups in total. The number of hydrogen-bond acceptors (Lipinski definition) is 3. The number of hydrogen-bond donors (Lipinski definition) is 1. The van der Waals surface area contributed by atoms with Gasteiger partial charge in [-0.1, -0.05) is 42.5 Å². The topological polar surface area (TPSA) is 55.2 Å². The number of aryl methyl sites for hydroxylation is 1. The van der Waals surface area contributed by atoms with Gasteiger partial charge in [-0.2, -0.15) is 0 Å². The van der Waals surface area contributed by atoms with Crippen molar-refractivity contribution in [1.82, 2.24) is 5.32 Å². The first-order valence-electron chi connectivity index (χ1n) is 6.74. The van der Waals surface area contributed by atoms with Gasteiger partial charge in [0.1, 0.15) is 0 Å². The Hall–Kier alpha value is -2.20. The number of rotatable bonds is 7. The minimum absolute atomic E-state index is 0.147. The normalized spacial score (nSPS) is 10.4. The van der Waals surface area contributed by atoms with Crippen molar-refractivity contribution < 1.29 is 4.92 Å². The van der Waals surface area contributed by atoms with Crippen LogP contribution in [-0.2, 0) is 13.0 Å². The average Bonchev–Trinajstić information content (AvgIpc) is 2.48. The van der Waals surface area contributed by atoms with Crippen LogP contribution in [0, 0.1) is 10.1 Å². The van der Waals surface area contributed by atoms with Crippen molar-refractivity contribution >= 4 is 5.69 Å². The minimum Gasteiger partial charge on any atom is -0.313 e. The Morgan fingerprint density at radius 1 is 1.00 bits per heavy atom. The lowest BCUT2D eigenvalue weighted by atomic mass is 10.1. The van der Waals surface area contributed by atoms with Crippen LogP contribution in [-0.4, -0.2) is 11.5 Å². The highest BCUT2D eigenvalue weighted by Gasteiger charge is 2.04. The van der Waals surface area contributed by atoms with E-state index in [9.17, 15) is 10.1 Å². The molecule has 0 aromatic heterocycles. The van der Waals surface area contributed by atoms with Crippen LogP contribution in [0.1, 0.15) is 17.5 Å². The Balaban J connectivity index is 1.71. The first-order valence-corrected chi connectivity index (χ1v) is 6.74. The second-order valence-electron chi connectivity index (χ2n) is 4.69. The van der Waals surface area contributed by atoms with E-state index in [0.717, 1.165) is 24.9 Å². The molecule has 0 saturated carbocycles. The van der Waals surface area contributed by atoms with Gasteiger partial charge < -0.3 is 5.32 Å². The van der Waals surface area contributed by atoms with Gasteiger partial charge in [-0.25, -0.2) is 0 Å². The number of benzene rings is 2. The largest absolute Gasteiger partial charge is 0.313 e. The van der Waals surface area contributed by atoms with Gasteiger partial charge >= 0.3 is 0 Å². The molecular weight excluding hydrogens is 252 g/mol. The molecule has 0 saturated heterocycles. The summed E-state index contributed by atoms with van der Waals surface area (Å²) in [6, 6.07) is 17.1. The highest BCUT2D eigenvalue weighted by molar-refractivity contribution is 5.34. The maximum Gasteiger partial charge on any atom is 0.269 e. The van der Waals surface area contributed by atoms with Gasteiger partial charge in [-0.05, 0) is 30.5 Å². The number of nitrogens with one attached hydrogen (secondary N) is 1. The predicted octanol–water partition coefficient (Wildman–Crippen LogP) is 3.32. The van der Waals surface area contributed by atoms with Crippen LogP contribution in [0.5, 0.6) is 0 Å². The number of nitro benzene ring substituents is 1. The Labute approximate surface area is 118 Å². The second-order valence-corrected chi connectivity index (χ2v) is 4.69. The summed E-state index contributed by atoms with van der Waals surface area (Å²) in [5.74, 6) is 0. The van der Waals surface area contributed by atoms with Gasteiger partial charge in [0, 0.05) is 18.7 Å². The van der Waals surface area contributed by atoms with Crippen LogP contribution in [0.2, 0.25) is 0 Å². The standard InChI is InChI=1S/C16H18N2O2/c19-18(20)16-10-4-8-15(12-16)13-17-11-5-9-14-6-2-1-3-7-14/h1-4,6-8,10,12,17H,5,9,11,13H2. The molecule has 0 heterocycles. The summed E-state index contributed by atoms with van der Waals surface area (Å²) in [7, 11) is 0. The monoisotopic (exact) mass is 270 g/mol. The molecule has 2 aromatic carbocycles. The van der Waals surface area contributed by atoms with E-state index < -0.39 is 0 Å². The van der Waals surface area contributed by atoms with Crippen molar-refractivity contribution in [2.24, 2.45) is 0 Å². The van der Waals surface area contributed by atoms with Crippen LogP contribution >= 0.6 is 0 Å². The molecule has 0 radical (unpaired) electrons. The second kappa shape index (κ2) is 7.40. The van der Waals surface area contributed by atoms with Crippen LogP contribution < -0.4 is 5.32 Å². The fourth-order valence-corrected chi connectivity index (χ4v) is 2.07. The molecule has 0 fully saturated rings. The van der Waals surface area contributed by atoms with Gasteiger partial charge in [-0.15, -0.1) is 0 Å². The number of non-ortho nitro benzene ring substituents is 1. The lowest BCUT2D eigenvalue weighted by Gasteiger charge is -2.05. The SMILES string of the molecule is O=[N+]([O-])c1cccc(CNCCCc2ccccc2)c1. The van der Waals surface area contributed by atoms with Crippen molar-refractivity contribution in [3.63, 3.8) is 0 Å². The van der Waals surface area contributed by atoms with E-state index in [-0.39, 0.29) is 10.6 Å². The predicted molar refractivity (Wildman–Crippen MR) is 79.6 cm³/mol.